The number of aromatic nitrogens is 3. The van der Waals surface area contributed by atoms with Gasteiger partial charge in [-0.05, 0) is 61.9 Å². The monoisotopic (exact) mass is 401 g/mol. The highest BCUT2D eigenvalue weighted by molar-refractivity contribution is 5.87. The average molecular weight is 401 g/mol. The summed E-state index contributed by atoms with van der Waals surface area (Å²) in [6.45, 7) is 1.75. The fourth-order valence-electron chi connectivity index (χ4n) is 4.12. The minimum absolute atomic E-state index is 0.0949. The number of imidazole rings is 1. The van der Waals surface area contributed by atoms with Gasteiger partial charge in [-0.15, -0.1) is 0 Å². The van der Waals surface area contributed by atoms with Crippen molar-refractivity contribution in [2.24, 2.45) is 0 Å². The molecule has 3 heterocycles. The second-order valence-electron chi connectivity index (χ2n) is 7.46. The zero-order chi connectivity index (χ0) is 20.5. The second kappa shape index (κ2) is 7.68. The molecule has 4 aromatic rings. The molecule has 152 valence electrons. The molecule has 1 aliphatic rings. The quantitative estimate of drug-likeness (QED) is 0.547. The summed E-state index contributed by atoms with van der Waals surface area (Å²) < 4.78 is 9.38. The molecule has 0 aliphatic carbocycles. The number of rotatable bonds is 4. The lowest BCUT2D eigenvalue weighted by molar-refractivity contribution is 0.370. The zero-order valence-corrected chi connectivity index (χ0v) is 16.5. The van der Waals surface area contributed by atoms with Crippen molar-refractivity contribution in [3.63, 3.8) is 0 Å². The number of pyridine rings is 1. The average Bonchev–Trinajstić information content (AvgIpc) is 3.09. The highest BCUT2D eigenvalue weighted by atomic mass is 16.5. The number of piperidine rings is 1. The van der Waals surface area contributed by atoms with Gasteiger partial charge in [-0.3, -0.25) is 9.13 Å². The number of ether oxygens (including phenoxy) is 1. The summed E-state index contributed by atoms with van der Waals surface area (Å²) in [6, 6.07) is 19.0. The van der Waals surface area contributed by atoms with Crippen LogP contribution in [0.5, 0.6) is 11.5 Å². The van der Waals surface area contributed by atoms with Crippen LogP contribution >= 0.6 is 0 Å². The van der Waals surface area contributed by atoms with Gasteiger partial charge in [-0.1, -0.05) is 18.2 Å². The summed E-state index contributed by atoms with van der Waals surface area (Å²) in [4.78, 5) is 17.7. The van der Waals surface area contributed by atoms with E-state index >= 15 is 0 Å². The molecule has 1 atom stereocenters. The Hall–Kier alpha value is -3.58. The number of nitrogens with one attached hydrogen (secondary N) is 1. The Morgan fingerprint density at radius 1 is 1.03 bits per heavy atom. The van der Waals surface area contributed by atoms with Gasteiger partial charge in [0.25, 0.3) is 0 Å². The molecule has 1 aliphatic heterocycles. The van der Waals surface area contributed by atoms with E-state index in [2.05, 4.69) is 10.3 Å². The molecule has 2 aromatic carbocycles. The predicted molar refractivity (Wildman–Crippen MR) is 117 cm³/mol. The van der Waals surface area contributed by atoms with Crippen LogP contribution in [-0.2, 0) is 0 Å². The molecule has 1 saturated heterocycles. The zero-order valence-electron chi connectivity index (χ0n) is 16.5. The smallest absolute Gasteiger partial charge is 0.334 e. The maximum absolute atomic E-state index is 13.5. The van der Waals surface area contributed by atoms with Gasteiger partial charge in [0.2, 0.25) is 0 Å². The number of nitrogens with two attached hydrogens (primary N) is 1. The van der Waals surface area contributed by atoms with Crippen LogP contribution in [0.25, 0.3) is 16.7 Å². The number of hydrogen-bond donors (Lipinski definition) is 2. The molecule has 0 bridgehead atoms. The number of benzene rings is 2. The van der Waals surface area contributed by atoms with Crippen molar-refractivity contribution < 1.29 is 4.74 Å². The Labute approximate surface area is 173 Å². The third kappa shape index (κ3) is 3.23. The number of nitrogens with zero attached hydrogens (tertiary/aromatic N) is 3. The van der Waals surface area contributed by atoms with Crippen LogP contribution in [0.1, 0.15) is 18.9 Å². The molecule has 0 saturated carbocycles. The minimum Gasteiger partial charge on any atom is -0.457 e. The van der Waals surface area contributed by atoms with Crippen molar-refractivity contribution in [3.8, 4) is 17.2 Å². The van der Waals surface area contributed by atoms with Crippen LogP contribution < -0.4 is 21.5 Å². The summed E-state index contributed by atoms with van der Waals surface area (Å²) in [5, 5.41) is 3.39. The molecular weight excluding hydrogens is 378 g/mol. The van der Waals surface area contributed by atoms with Gasteiger partial charge in [0.15, 0.2) is 0 Å². The van der Waals surface area contributed by atoms with Gasteiger partial charge < -0.3 is 15.8 Å². The van der Waals surface area contributed by atoms with E-state index in [0.29, 0.717) is 17.1 Å². The first-order valence-corrected chi connectivity index (χ1v) is 10.1. The van der Waals surface area contributed by atoms with Crippen molar-refractivity contribution >= 4 is 16.9 Å². The highest BCUT2D eigenvalue weighted by Gasteiger charge is 2.24. The number of nitrogen functional groups attached to an aromatic ring is 1. The maximum Gasteiger partial charge on any atom is 0.334 e. The van der Waals surface area contributed by atoms with E-state index in [1.165, 1.54) is 0 Å². The van der Waals surface area contributed by atoms with Crippen molar-refractivity contribution in [1.29, 1.82) is 0 Å². The first-order chi connectivity index (χ1) is 14.7. The van der Waals surface area contributed by atoms with Crippen LogP contribution in [0.2, 0.25) is 0 Å². The Morgan fingerprint density at radius 3 is 2.53 bits per heavy atom. The molecule has 0 radical (unpaired) electrons. The lowest BCUT2D eigenvalue weighted by Crippen LogP contribution is -2.36. The third-order valence-corrected chi connectivity index (χ3v) is 5.52. The molecule has 5 rings (SSSR count). The topological polar surface area (TPSA) is 87.1 Å². The number of fused-ring (bicyclic) bond motifs is 1. The SMILES string of the molecule is Nc1nccc2c1n(-c1ccc(Oc3ccccc3)cc1)c(=O)n2[C@@H]1CCCNC1. The van der Waals surface area contributed by atoms with E-state index in [-0.39, 0.29) is 11.7 Å². The van der Waals surface area contributed by atoms with Gasteiger partial charge in [-0.25, -0.2) is 9.78 Å². The van der Waals surface area contributed by atoms with E-state index in [0.717, 1.165) is 42.9 Å². The summed E-state index contributed by atoms with van der Waals surface area (Å²) in [5.41, 5.74) is 8.30. The van der Waals surface area contributed by atoms with Crippen molar-refractivity contribution in [1.82, 2.24) is 19.4 Å². The molecule has 0 amide bonds. The molecule has 0 unspecified atom stereocenters. The first-order valence-electron chi connectivity index (χ1n) is 10.1. The van der Waals surface area contributed by atoms with Gasteiger partial charge in [0.05, 0.1) is 17.2 Å². The van der Waals surface area contributed by atoms with Crippen molar-refractivity contribution in [3.05, 3.63) is 77.3 Å². The van der Waals surface area contributed by atoms with Crippen LogP contribution in [0.4, 0.5) is 5.82 Å². The molecule has 3 N–H and O–H groups in total. The van der Waals surface area contributed by atoms with E-state index in [1.807, 2.05) is 65.2 Å². The lowest BCUT2D eigenvalue weighted by atomic mass is 10.1. The van der Waals surface area contributed by atoms with E-state index in [9.17, 15) is 4.79 Å². The first kappa shape index (κ1) is 18.4. The molecule has 7 heteroatoms. The molecule has 1 fully saturated rings. The normalized spacial score (nSPS) is 16.6. The summed E-state index contributed by atoms with van der Waals surface area (Å²) in [5.74, 6) is 1.80. The van der Waals surface area contributed by atoms with Gasteiger partial charge >= 0.3 is 5.69 Å². The molecular formula is C23H23N5O2. The summed E-state index contributed by atoms with van der Waals surface area (Å²) >= 11 is 0. The standard InChI is InChI=1S/C23H23N5O2/c24-22-21-20(12-14-26-22)27(17-5-4-13-25-15-17)23(29)28(21)16-8-10-19(11-9-16)30-18-6-2-1-3-7-18/h1-3,6-12,14,17,25H,4-5,13,15H2,(H2,24,26)/t17-/m1/s1. The van der Waals surface area contributed by atoms with Crippen LogP contribution in [0, 0.1) is 0 Å². The van der Waals surface area contributed by atoms with Crippen LogP contribution in [0.15, 0.2) is 71.7 Å². The molecule has 7 nitrogen and oxygen atoms in total. The van der Waals surface area contributed by atoms with Crippen LogP contribution in [-0.4, -0.2) is 27.2 Å². The van der Waals surface area contributed by atoms with Crippen molar-refractivity contribution in [2.45, 2.75) is 18.9 Å². The Bertz CT molecular complexity index is 1220. The van der Waals surface area contributed by atoms with Crippen LogP contribution in [0.3, 0.4) is 0 Å². The molecule has 30 heavy (non-hydrogen) atoms. The predicted octanol–water partition coefficient (Wildman–Crippen LogP) is 3.49. The Kier molecular flexibility index (Phi) is 4.72. The largest absolute Gasteiger partial charge is 0.457 e. The third-order valence-electron chi connectivity index (χ3n) is 5.52. The number of anilines is 1. The van der Waals surface area contributed by atoms with E-state index < -0.39 is 0 Å². The number of hydrogen-bond acceptors (Lipinski definition) is 5. The van der Waals surface area contributed by atoms with Gasteiger partial charge in [0.1, 0.15) is 22.8 Å². The summed E-state index contributed by atoms with van der Waals surface area (Å²) in [6.07, 6.45) is 3.65. The van der Waals surface area contributed by atoms with E-state index in [1.54, 1.807) is 10.8 Å². The minimum atomic E-state index is -0.102. The number of para-hydroxylation sites is 1. The molecule has 2 aromatic heterocycles. The van der Waals surface area contributed by atoms with Crippen molar-refractivity contribution in [2.75, 3.05) is 18.8 Å². The lowest BCUT2D eigenvalue weighted by Gasteiger charge is -2.23. The van der Waals surface area contributed by atoms with Gasteiger partial charge in [-0.2, -0.15) is 0 Å². The fourth-order valence-corrected chi connectivity index (χ4v) is 4.12. The Morgan fingerprint density at radius 2 is 1.80 bits per heavy atom. The van der Waals surface area contributed by atoms with Gasteiger partial charge in [0, 0.05) is 12.7 Å². The highest BCUT2D eigenvalue weighted by Crippen LogP contribution is 2.28. The molecule has 0 spiro atoms. The van der Waals surface area contributed by atoms with E-state index in [4.69, 9.17) is 10.5 Å². The second-order valence-corrected chi connectivity index (χ2v) is 7.46. The fraction of sp³-hybridized carbons (Fsp3) is 0.217. The summed E-state index contributed by atoms with van der Waals surface area (Å²) in [7, 11) is 0. The Balaban J connectivity index is 1.59. The maximum atomic E-state index is 13.5.